The number of rotatable bonds is 6. The predicted octanol–water partition coefficient (Wildman–Crippen LogP) is 2.70. The van der Waals surface area contributed by atoms with E-state index < -0.39 is 0 Å². The average Bonchev–Trinajstić information content (AvgIpc) is 2.51. The highest BCUT2D eigenvalue weighted by molar-refractivity contribution is 5.29. The molecular formula is C18H31N3O. The van der Waals surface area contributed by atoms with Gasteiger partial charge in [0.05, 0.1) is 0 Å². The zero-order chi connectivity index (χ0) is 16.3. The molecule has 1 aromatic heterocycles. The van der Waals surface area contributed by atoms with Crippen LogP contribution in [0.5, 0.6) is 0 Å². The fourth-order valence-corrected chi connectivity index (χ4v) is 3.16. The molecule has 1 atom stereocenters. The predicted molar refractivity (Wildman–Crippen MR) is 92.3 cm³/mol. The zero-order valence-corrected chi connectivity index (χ0v) is 14.8. The Morgan fingerprint density at radius 2 is 2.00 bits per heavy atom. The van der Waals surface area contributed by atoms with Crippen LogP contribution in [0.25, 0.3) is 0 Å². The van der Waals surface area contributed by atoms with Gasteiger partial charge in [0.15, 0.2) is 0 Å². The molecule has 1 aromatic rings. The van der Waals surface area contributed by atoms with E-state index in [1.165, 1.54) is 11.3 Å². The Morgan fingerprint density at radius 1 is 1.27 bits per heavy atom. The van der Waals surface area contributed by atoms with Crippen molar-refractivity contribution in [3.63, 3.8) is 0 Å². The van der Waals surface area contributed by atoms with Crippen LogP contribution in [-0.4, -0.2) is 28.6 Å². The molecule has 22 heavy (non-hydrogen) atoms. The molecule has 1 N–H and O–H groups in total. The molecule has 0 saturated heterocycles. The number of pyridine rings is 1. The summed E-state index contributed by atoms with van der Waals surface area (Å²) in [5.74, 6) is 0. The molecule has 2 rings (SSSR count). The molecule has 1 aliphatic heterocycles. The molecule has 0 amide bonds. The van der Waals surface area contributed by atoms with Gasteiger partial charge in [0.25, 0.3) is 5.56 Å². The summed E-state index contributed by atoms with van der Waals surface area (Å²) >= 11 is 0. The summed E-state index contributed by atoms with van der Waals surface area (Å²) in [6, 6.07) is 2.81. The Balaban J connectivity index is 2.39. The first-order chi connectivity index (χ1) is 10.5. The maximum Gasteiger partial charge on any atom is 0.255 e. The van der Waals surface area contributed by atoms with E-state index in [2.05, 4.69) is 50.9 Å². The van der Waals surface area contributed by atoms with Crippen molar-refractivity contribution in [3.8, 4) is 0 Å². The summed E-state index contributed by atoms with van der Waals surface area (Å²) in [5.41, 5.74) is 3.68. The van der Waals surface area contributed by atoms with Gasteiger partial charge in [-0.2, -0.15) is 0 Å². The number of hydrogen-bond acceptors (Lipinski definition) is 3. The third-order valence-electron chi connectivity index (χ3n) is 4.78. The molecule has 1 aliphatic rings. The standard InChI is InChI=1S/C18H31N3O/c1-6-14(5)19-11-15-10-16-12-20(7-2)9-8-17(16)21(13(3)4)18(15)22/h10,13-14,19H,6-9,11-12H2,1-5H3. The fraction of sp³-hybridized carbons (Fsp3) is 0.722. The van der Waals surface area contributed by atoms with Crippen molar-refractivity contribution >= 4 is 0 Å². The highest BCUT2D eigenvalue weighted by Gasteiger charge is 2.22. The lowest BCUT2D eigenvalue weighted by molar-refractivity contribution is 0.259. The van der Waals surface area contributed by atoms with E-state index in [9.17, 15) is 4.79 Å². The molecule has 2 heterocycles. The summed E-state index contributed by atoms with van der Waals surface area (Å²) in [6.07, 6.45) is 2.06. The van der Waals surface area contributed by atoms with Gasteiger partial charge in [-0.3, -0.25) is 9.69 Å². The number of fused-ring (bicyclic) bond motifs is 1. The van der Waals surface area contributed by atoms with Gasteiger partial charge in [-0.05, 0) is 45.4 Å². The molecule has 4 nitrogen and oxygen atoms in total. The topological polar surface area (TPSA) is 37.3 Å². The second-order valence-electron chi connectivity index (χ2n) is 6.72. The zero-order valence-electron chi connectivity index (χ0n) is 14.8. The van der Waals surface area contributed by atoms with Gasteiger partial charge in [-0.25, -0.2) is 0 Å². The van der Waals surface area contributed by atoms with Crippen LogP contribution in [0.3, 0.4) is 0 Å². The third-order valence-corrected chi connectivity index (χ3v) is 4.78. The molecule has 4 heteroatoms. The van der Waals surface area contributed by atoms with Crippen LogP contribution < -0.4 is 10.9 Å². The van der Waals surface area contributed by atoms with Crippen LogP contribution in [-0.2, 0) is 19.5 Å². The summed E-state index contributed by atoms with van der Waals surface area (Å²) in [7, 11) is 0. The van der Waals surface area contributed by atoms with Crippen LogP contribution in [0.1, 0.15) is 63.9 Å². The molecule has 0 bridgehead atoms. The molecule has 1 unspecified atom stereocenters. The SMILES string of the molecule is CCC(C)NCc1cc2c(n(C(C)C)c1=O)CCN(CC)C2. The van der Waals surface area contributed by atoms with E-state index in [4.69, 9.17) is 0 Å². The maximum absolute atomic E-state index is 12.8. The molecular weight excluding hydrogens is 274 g/mol. The normalized spacial score (nSPS) is 16.8. The molecule has 0 fully saturated rings. The Labute approximate surface area is 134 Å². The molecule has 0 aromatic carbocycles. The lowest BCUT2D eigenvalue weighted by Gasteiger charge is -2.31. The Morgan fingerprint density at radius 3 is 2.59 bits per heavy atom. The van der Waals surface area contributed by atoms with Gasteiger partial charge in [0.2, 0.25) is 0 Å². The number of nitrogens with one attached hydrogen (secondary N) is 1. The fourth-order valence-electron chi connectivity index (χ4n) is 3.16. The van der Waals surface area contributed by atoms with E-state index in [0.717, 1.165) is 38.0 Å². The summed E-state index contributed by atoms with van der Waals surface area (Å²) < 4.78 is 2.02. The van der Waals surface area contributed by atoms with E-state index in [-0.39, 0.29) is 11.6 Å². The first kappa shape index (κ1) is 17.2. The number of likely N-dealkylation sites (N-methyl/N-ethyl adjacent to an activating group) is 1. The molecule has 0 saturated carbocycles. The van der Waals surface area contributed by atoms with Crippen molar-refractivity contribution in [3.05, 3.63) is 33.2 Å². The Hall–Kier alpha value is -1.13. The lowest BCUT2D eigenvalue weighted by atomic mass is 10.0. The van der Waals surface area contributed by atoms with Gasteiger partial charge < -0.3 is 9.88 Å². The van der Waals surface area contributed by atoms with E-state index in [1.807, 2.05) is 4.57 Å². The number of nitrogens with zero attached hydrogens (tertiary/aromatic N) is 2. The Kier molecular flexibility index (Phi) is 5.81. The molecule has 124 valence electrons. The van der Waals surface area contributed by atoms with Crippen molar-refractivity contribution in [1.29, 1.82) is 0 Å². The van der Waals surface area contributed by atoms with Gasteiger partial charge in [-0.1, -0.05) is 13.8 Å². The number of aromatic nitrogens is 1. The monoisotopic (exact) mass is 305 g/mol. The maximum atomic E-state index is 12.8. The number of hydrogen-bond donors (Lipinski definition) is 1. The van der Waals surface area contributed by atoms with Crippen LogP contribution in [0.15, 0.2) is 10.9 Å². The van der Waals surface area contributed by atoms with Gasteiger partial charge in [0.1, 0.15) is 0 Å². The van der Waals surface area contributed by atoms with Crippen LogP contribution in [0, 0.1) is 0 Å². The van der Waals surface area contributed by atoms with E-state index in [1.54, 1.807) is 0 Å². The van der Waals surface area contributed by atoms with Crippen molar-refractivity contribution in [2.75, 3.05) is 13.1 Å². The summed E-state index contributed by atoms with van der Waals surface area (Å²) in [4.78, 5) is 15.3. The highest BCUT2D eigenvalue weighted by Crippen LogP contribution is 2.21. The minimum absolute atomic E-state index is 0.189. The van der Waals surface area contributed by atoms with E-state index >= 15 is 0 Å². The van der Waals surface area contributed by atoms with Crippen LogP contribution >= 0.6 is 0 Å². The van der Waals surface area contributed by atoms with Crippen LogP contribution in [0.2, 0.25) is 0 Å². The second-order valence-corrected chi connectivity index (χ2v) is 6.72. The lowest BCUT2D eigenvalue weighted by Crippen LogP contribution is -2.38. The smallest absolute Gasteiger partial charge is 0.255 e. The Bertz CT molecular complexity index is 562. The van der Waals surface area contributed by atoms with Gasteiger partial charge in [0, 0.05) is 49.4 Å². The van der Waals surface area contributed by atoms with Crippen molar-refractivity contribution < 1.29 is 0 Å². The molecule has 0 aliphatic carbocycles. The van der Waals surface area contributed by atoms with Gasteiger partial charge in [-0.15, -0.1) is 0 Å². The first-order valence-corrected chi connectivity index (χ1v) is 8.69. The first-order valence-electron chi connectivity index (χ1n) is 8.69. The highest BCUT2D eigenvalue weighted by atomic mass is 16.1. The van der Waals surface area contributed by atoms with Gasteiger partial charge >= 0.3 is 0 Å². The quantitative estimate of drug-likeness (QED) is 0.878. The third kappa shape index (κ3) is 3.61. The largest absolute Gasteiger partial charge is 0.310 e. The molecule has 0 spiro atoms. The van der Waals surface area contributed by atoms with Crippen molar-refractivity contribution in [2.24, 2.45) is 0 Å². The minimum atomic E-state index is 0.189. The average molecular weight is 305 g/mol. The second kappa shape index (κ2) is 7.42. The summed E-state index contributed by atoms with van der Waals surface area (Å²) in [6.45, 7) is 14.5. The van der Waals surface area contributed by atoms with Crippen molar-refractivity contribution in [1.82, 2.24) is 14.8 Å². The van der Waals surface area contributed by atoms with E-state index in [0.29, 0.717) is 12.6 Å². The van der Waals surface area contributed by atoms with Crippen LogP contribution in [0.4, 0.5) is 0 Å². The van der Waals surface area contributed by atoms with Crippen molar-refractivity contribution in [2.45, 2.75) is 72.6 Å². The summed E-state index contributed by atoms with van der Waals surface area (Å²) in [5, 5.41) is 3.46. The molecule has 0 radical (unpaired) electrons. The minimum Gasteiger partial charge on any atom is -0.310 e.